The predicted molar refractivity (Wildman–Crippen MR) is 180 cm³/mol. The highest BCUT2D eigenvalue weighted by atomic mass is 16.5. The molecule has 0 aromatic heterocycles. The van der Waals surface area contributed by atoms with Gasteiger partial charge in [0.25, 0.3) is 0 Å². The Balaban J connectivity index is 0.000000505. The Morgan fingerprint density at radius 2 is 0.578 bits per heavy atom. The van der Waals surface area contributed by atoms with Crippen LogP contribution >= 0.6 is 0 Å². The minimum absolute atomic E-state index is 0.0226. The topological polar surface area (TPSA) is 52.6 Å². The predicted octanol–water partition coefficient (Wildman–Crippen LogP) is 10.3. The van der Waals surface area contributed by atoms with Crippen molar-refractivity contribution in [3.8, 4) is 23.0 Å². The van der Waals surface area contributed by atoms with E-state index in [0.29, 0.717) is 45.3 Å². The second-order valence-electron chi connectivity index (χ2n) is 10.8. The summed E-state index contributed by atoms with van der Waals surface area (Å²) in [6.07, 6.45) is 0. The van der Waals surface area contributed by atoms with Crippen LogP contribution in [0.25, 0.3) is 0 Å². The number of carbonyl (C=O) groups excluding carboxylic acids is 2. The Hall–Kier alpha value is -5.74. The van der Waals surface area contributed by atoms with Crippen LogP contribution in [-0.4, -0.2) is 11.6 Å². The number of carbonyl (C=O) groups is 2. The molecule has 0 saturated heterocycles. The van der Waals surface area contributed by atoms with Gasteiger partial charge in [-0.3, -0.25) is 9.59 Å². The quantitative estimate of drug-likeness (QED) is 0.166. The summed E-state index contributed by atoms with van der Waals surface area (Å²) in [5, 5.41) is 0. The van der Waals surface area contributed by atoms with E-state index in [1.54, 1.807) is 48.5 Å². The van der Waals surface area contributed by atoms with Crippen LogP contribution in [0.2, 0.25) is 0 Å². The Morgan fingerprint density at radius 1 is 0.333 bits per heavy atom. The van der Waals surface area contributed by atoms with Crippen molar-refractivity contribution < 1.29 is 19.1 Å². The highest BCUT2D eigenvalue weighted by Gasteiger charge is 2.11. The molecule has 0 aliphatic rings. The summed E-state index contributed by atoms with van der Waals surface area (Å²) in [5.74, 6) is 2.51. The van der Waals surface area contributed by atoms with E-state index in [4.69, 9.17) is 9.47 Å². The molecule has 6 rings (SSSR count). The minimum atomic E-state index is -0.0226. The molecule has 0 unspecified atom stereocenters. The largest absolute Gasteiger partial charge is 0.457 e. The molecule has 4 heteroatoms. The van der Waals surface area contributed by atoms with Gasteiger partial charge in [-0.2, -0.15) is 0 Å². The van der Waals surface area contributed by atoms with Crippen LogP contribution in [-0.2, 0) is 0 Å². The van der Waals surface area contributed by atoms with E-state index < -0.39 is 0 Å². The number of hydrogen-bond donors (Lipinski definition) is 0. The zero-order valence-electron chi connectivity index (χ0n) is 25.6. The average molecular weight is 591 g/mol. The maximum absolute atomic E-state index is 12.7. The lowest BCUT2D eigenvalue weighted by atomic mass is 10.0. The van der Waals surface area contributed by atoms with E-state index in [-0.39, 0.29) is 11.6 Å². The van der Waals surface area contributed by atoms with E-state index in [1.807, 2.05) is 105 Å². The zero-order chi connectivity index (χ0) is 31.6. The van der Waals surface area contributed by atoms with Crippen LogP contribution in [0.1, 0.15) is 48.5 Å². The molecular weight excluding hydrogens is 556 g/mol. The van der Waals surface area contributed by atoms with Gasteiger partial charge < -0.3 is 9.47 Å². The molecule has 6 aromatic carbocycles. The molecule has 0 atom stereocenters. The Labute approximate surface area is 264 Å². The van der Waals surface area contributed by atoms with Crippen molar-refractivity contribution in [3.63, 3.8) is 0 Å². The van der Waals surface area contributed by atoms with Crippen LogP contribution in [0.4, 0.5) is 0 Å². The SMILES string of the molecule is Cc1ccc(C(=O)c2ccc(Oc3ccc(Oc4ccc(C(=O)c5ccc(C)cc5)cc4)cc3)cc2)cc1.Cc1ccccc1. The van der Waals surface area contributed by atoms with Crippen LogP contribution in [0.15, 0.2) is 152 Å². The first-order valence-electron chi connectivity index (χ1n) is 14.7. The molecule has 0 saturated carbocycles. The van der Waals surface area contributed by atoms with Gasteiger partial charge in [-0.15, -0.1) is 0 Å². The Kier molecular flexibility index (Phi) is 9.98. The van der Waals surface area contributed by atoms with Crippen LogP contribution < -0.4 is 9.47 Å². The molecule has 0 spiro atoms. The summed E-state index contributed by atoms with van der Waals surface area (Å²) in [4.78, 5) is 25.3. The molecule has 45 heavy (non-hydrogen) atoms. The number of benzene rings is 6. The smallest absolute Gasteiger partial charge is 0.193 e. The number of rotatable bonds is 8. The molecule has 6 aromatic rings. The Bertz CT molecular complexity index is 1720. The number of ketones is 2. The molecule has 4 nitrogen and oxygen atoms in total. The van der Waals surface area contributed by atoms with E-state index in [9.17, 15) is 9.59 Å². The maximum Gasteiger partial charge on any atom is 0.193 e. The fourth-order valence-corrected chi connectivity index (χ4v) is 4.47. The molecule has 0 radical (unpaired) electrons. The van der Waals surface area contributed by atoms with Gasteiger partial charge >= 0.3 is 0 Å². The van der Waals surface area contributed by atoms with E-state index in [0.717, 1.165) is 11.1 Å². The van der Waals surface area contributed by atoms with Gasteiger partial charge in [0.05, 0.1) is 0 Å². The van der Waals surface area contributed by atoms with E-state index in [1.165, 1.54) is 5.56 Å². The van der Waals surface area contributed by atoms with Gasteiger partial charge in [-0.25, -0.2) is 0 Å². The standard InChI is InChI=1S/C34H26O4.C7H8/c1-23-3-7-25(8-4-23)33(35)27-11-15-29(16-12-27)37-31-19-21-32(22-20-31)38-30-17-13-28(14-18-30)34(36)26-9-5-24(2)6-10-26;1-7-5-3-2-4-6-7/h3-22H,1-2H3;2-6H,1H3. The molecule has 0 bridgehead atoms. The summed E-state index contributed by atoms with van der Waals surface area (Å²) in [5.41, 5.74) is 6.09. The van der Waals surface area contributed by atoms with Gasteiger partial charge in [0.1, 0.15) is 23.0 Å². The molecule has 0 amide bonds. The molecule has 0 aliphatic carbocycles. The van der Waals surface area contributed by atoms with Crippen LogP contribution in [0.3, 0.4) is 0 Å². The first kappa shape index (κ1) is 30.7. The van der Waals surface area contributed by atoms with Crippen molar-refractivity contribution in [3.05, 3.63) is 191 Å². The third-order valence-electron chi connectivity index (χ3n) is 7.10. The minimum Gasteiger partial charge on any atom is -0.457 e. The lowest BCUT2D eigenvalue weighted by Crippen LogP contribution is -2.01. The summed E-state index contributed by atoms with van der Waals surface area (Å²) in [7, 11) is 0. The fraction of sp³-hybridized carbons (Fsp3) is 0.0732. The Morgan fingerprint density at radius 3 is 0.844 bits per heavy atom. The highest BCUT2D eigenvalue weighted by molar-refractivity contribution is 6.09. The molecular formula is C41H34O4. The second kappa shape index (κ2) is 14.6. The van der Waals surface area contributed by atoms with Crippen molar-refractivity contribution >= 4 is 11.6 Å². The van der Waals surface area contributed by atoms with Crippen molar-refractivity contribution in [2.24, 2.45) is 0 Å². The monoisotopic (exact) mass is 590 g/mol. The molecule has 0 aliphatic heterocycles. The normalized spacial score (nSPS) is 10.3. The van der Waals surface area contributed by atoms with Crippen molar-refractivity contribution in [1.82, 2.24) is 0 Å². The van der Waals surface area contributed by atoms with Gasteiger partial charge in [-0.1, -0.05) is 95.6 Å². The first-order chi connectivity index (χ1) is 21.8. The van der Waals surface area contributed by atoms with E-state index >= 15 is 0 Å². The van der Waals surface area contributed by atoms with Crippen LogP contribution in [0, 0.1) is 20.8 Å². The van der Waals surface area contributed by atoms with E-state index in [2.05, 4.69) is 19.1 Å². The molecule has 0 heterocycles. The summed E-state index contributed by atoms with van der Waals surface area (Å²) in [6.45, 7) is 6.07. The summed E-state index contributed by atoms with van der Waals surface area (Å²) < 4.78 is 11.9. The lowest BCUT2D eigenvalue weighted by molar-refractivity contribution is 0.103. The molecule has 0 N–H and O–H groups in total. The van der Waals surface area contributed by atoms with Gasteiger partial charge in [0, 0.05) is 22.3 Å². The summed E-state index contributed by atoms with van der Waals surface area (Å²) in [6, 6.07) is 46.8. The maximum atomic E-state index is 12.7. The third-order valence-corrected chi connectivity index (χ3v) is 7.10. The average Bonchev–Trinajstić information content (AvgIpc) is 3.07. The lowest BCUT2D eigenvalue weighted by Gasteiger charge is -2.09. The molecule has 222 valence electrons. The number of ether oxygens (including phenoxy) is 2. The molecule has 0 fully saturated rings. The van der Waals surface area contributed by atoms with Crippen molar-refractivity contribution in [2.45, 2.75) is 20.8 Å². The van der Waals surface area contributed by atoms with Gasteiger partial charge in [0.2, 0.25) is 0 Å². The highest BCUT2D eigenvalue weighted by Crippen LogP contribution is 2.28. The first-order valence-corrected chi connectivity index (χ1v) is 14.7. The van der Waals surface area contributed by atoms with Gasteiger partial charge in [-0.05, 0) is 93.6 Å². The number of hydrogen-bond acceptors (Lipinski definition) is 4. The third kappa shape index (κ3) is 8.65. The fourth-order valence-electron chi connectivity index (χ4n) is 4.47. The number of aryl methyl sites for hydroxylation is 3. The second-order valence-corrected chi connectivity index (χ2v) is 10.8. The summed E-state index contributed by atoms with van der Waals surface area (Å²) >= 11 is 0. The van der Waals surface area contributed by atoms with Gasteiger partial charge in [0.15, 0.2) is 11.6 Å². The van der Waals surface area contributed by atoms with Crippen molar-refractivity contribution in [2.75, 3.05) is 0 Å². The van der Waals surface area contributed by atoms with Crippen LogP contribution in [0.5, 0.6) is 23.0 Å². The zero-order valence-corrected chi connectivity index (χ0v) is 25.6. The van der Waals surface area contributed by atoms with Crippen molar-refractivity contribution in [1.29, 1.82) is 0 Å².